The number of para-hydroxylation sites is 3. The van der Waals surface area contributed by atoms with Crippen LogP contribution in [0.2, 0.25) is 5.02 Å². The van der Waals surface area contributed by atoms with E-state index in [1.54, 1.807) is 61.7 Å². The molecule has 3 aromatic carbocycles. The number of amides is 1. The van der Waals surface area contributed by atoms with E-state index in [4.69, 9.17) is 21.1 Å². The van der Waals surface area contributed by atoms with E-state index in [-0.39, 0.29) is 17.4 Å². The maximum absolute atomic E-state index is 12.5. The fraction of sp³-hybridized carbons (Fsp3) is 0.125. The number of ether oxygens (including phenoxy) is 2. The first-order chi connectivity index (χ1) is 15.9. The van der Waals surface area contributed by atoms with Gasteiger partial charge in [0.05, 0.1) is 29.3 Å². The summed E-state index contributed by atoms with van der Waals surface area (Å²) in [6.45, 7) is 0.594. The predicted octanol–water partition coefficient (Wildman–Crippen LogP) is 4.36. The third kappa shape index (κ3) is 7.00. The van der Waals surface area contributed by atoms with Crippen LogP contribution in [0.5, 0.6) is 11.5 Å². The van der Waals surface area contributed by atoms with E-state index < -0.39 is 10.0 Å². The molecular weight excluding hydrogens is 464 g/mol. The molecule has 0 aromatic heterocycles. The molecular formula is C24H23ClN2O5S. The average Bonchev–Trinajstić information content (AvgIpc) is 2.82. The van der Waals surface area contributed by atoms with Gasteiger partial charge < -0.3 is 14.8 Å². The largest absolute Gasteiger partial charge is 0.493 e. The fourth-order valence-corrected chi connectivity index (χ4v) is 4.13. The number of carbonyl (C=O) groups excluding carboxylic acids is 1. The Hall–Kier alpha value is -3.49. The molecule has 0 aliphatic rings. The Bertz CT molecular complexity index is 1230. The number of halogens is 1. The smallest absolute Gasteiger partial charge is 0.261 e. The number of benzene rings is 3. The molecule has 0 atom stereocenters. The van der Waals surface area contributed by atoms with Crippen LogP contribution in [0.25, 0.3) is 6.08 Å². The Balaban J connectivity index is 1.50. The van der Waals surface area contributed by atoms with Gasteiger partial charge in [-0.05, 0) is 48.0 Å². The normalized spacial score (nSPS) is 11.2. The highest BCUT2D eigenvalue weighted by Crippen LogP contribution is 2.26. The van der Waals surface area contributed by atoms with Gasteiger partial charge in [0.2, 0.25) is 5.91 Å². The van der Waals surface area contributed by atoms with E-state index in [1.807, 2.05) is 12.1 Å². The molecule has 0 aliphatic heterocycles. The molecule has 33 heavy (non-hydrogen) atoms. The average molecular weight is 487 g/mol. The SMILES string of the molecule is COc1ccccc1OCCNC(=O)/C=C/c1ccc(S(=O)(=O)Nc2ccccc2Cl)cc1. The summed E-state index contributed by atoms with van der Waals surface area (Å²) in [5.74, 6) is 0.927. The van der Waals surface area contributed by atoms with Crippen LogP contribution in [0.1, 0.15) is 5.56 Å². The zero-order valence-corrected chi connectivity index (χ0v) is 19.4. The van der Waals surface area contributed by atoms with Crippen molar-refractivity contribution >= 4 is 39.3 Å². The molecule has 0 heterocycles. The Morgan fingerprint density at radius 1 is 0.970 bits per heavy atom. The topological polar surface area (TPSA) is 93.7 Å². The summed E-state index contributed by atoms with van der Waals surface area (Å²) in [4.78, 5) is 12.1. The molecule has 1 amide bonds. The summed E-state index contributed by atoms with van der Waals surface area (Å²) < 4.78 is 38.4. The maximum Gasteiger partial charge on any atom is 0.261 e. The van der Waals surface area contributed by atoms with Crippen LogP contribution < -0.4 is 19.5 Å². The minimum Gasteiger partial charge on any atom is -0.493 e. The molecule has 0 fully saturated rings. The molecule has 0 aliphatic carbocycles. The lowest BCUT2D eigenvalue weighted by Crippen LogP contribution is -2.26. The third-order valence-electron chi connectivity index (χ3n) is 4.46. The summed E-state index contributed by atoms with van der Waals surface area (Å²) >= 11 is 6.02. The molecule has 3 rings (SSSR count). The van der Waals surface area contributed by atoms with E-state index in [0.29, 0.717) is 34.3 Å². The summed E-state index contributed by atoms with van der Waals surface area (Å²) in [5, 5.41) is 3.02. The van der Waals surface area contributed by atoms with Crippen LogP contribution in [-0.2, 0) is 14.8 Å². The lowest BCUT2D eigenvalue weighted by atomic mass is 10.2. The molecule has 0 radical (unpaired) electrons. The summed E-state index contributed by atoms with van der Waals surface area (Å²) in [6, 6.07) is 20.0. The summed E-state index contributed by atoms with van der Waals surface area (Å²) in [7, 11) is -2.23. The first-order valence-corrected chi connectivity index (χ1v) is 11.8. The van der Waals surface area contributed by atoms with Crippen LogP contribution in [-0.4, -0.2) is 34.6 Å². The monoisotopic (exact) mass is 486 g/mol. The van der Waals surface area contributed by atoms with Crippen LogP contribution >= 0.6 is 11.6 Å². The number of carbonyl (C=O) groups is 1. The van der Waals surface area contributed by atoms with Crippen molar-refractivity contribution in [2.45, 2.75) is 4.90 Å². The van der Waals surface area contributed by atoms with Crippen molar-refractivity contribution in [2.75, 3.05) is 25.0 Å². The molecule has 0 unspecified atom stereocenters. The zero-order chi connectivity index (χ0) is 23.7. The van der Waals surface area contributed by atoms with Crippen molar-refractivity contribution in [1.82, 2.24) is 5.32 Å². The minimum absolute atomic E-state index is 0.0810. The molecule has 7 nitrogen and oxygen atoms in total. The quantitative estimate of drug-likeness (QED) is 0.328. The van der Waals surface area contributed by atoms with Gasteiger partial charge in [-0.25, -0.2) is 8.42 Å². The van der Waals surface area contributed by atoms with Crippen molar-refractivity contribution in [3.8, 4) is 11.5 Å². The molecule has 9 heteroatoms. The summed E-state index contributed by atoms with van der Waals surface area (Å²) in [5.41, 5.74) is 0.974. The van der Waals surface area contributed by atoms with Gasteiger partial charge in [0, 0.05) is 6.08 Å². The van der Waals surface area contributed by atoms with Crippen LogP contribution in [0.4, 0.5) is 5.69 Å². The number of hydrogen-bond acceptors (Lipinski definition) is 5. The number of anilines is 1. The summed E-state index contributed by atoms with van der Waals surface area (Å²) in [6.07, 6.45) is 2.96. The lowest BCUT2D eigenvalue weighted by Gasteiger charge is -2.10. The number of nitrogens with one attached hydrogen (secondary N) is 2. The number of hydrogen-bond donors (Lipinski definition) is 2. The minimum atomic E-state index is -3.79. The first-order valence-electron chi connectivity index (χ1n) is 9.98. The van der Waals surface area contributed by atoms with Crippen molar-refractivity contribution in [3.05, 3.63) is 89.5 Å². The molecule has 3 aromatic rings. The molecule has 0 saturated carbocycles. The van der Waals surface area contributed by atoms with Crippen LogP contribution in [0.15, 0.2) is 83.8 Å². The Morgan fingerprint density at radius 2 is 1.64 bits per heavy atom. The second kappa shape index (κ2) is 11.4. The van der Waals surface area contributed by atoms with Gasteiger partial charge in [-0.2, -0.15) is 0 Å². The number of sulfonamides is 1. The lowest BCUT2D eigenvalue weighted by molar-refractivity contribution is -0.116. The maximum atomic E-state index is 12.5. The van der Waals surface area contributed by atoms with Gasteiger partial charge in [0.15, 0.2) is 11.5 Å². The van der Waals surface area contributed by atoms with Crippen molar-refractivity contribution in [2.24, 2.45) is 0 Å². The van der Waals surface area contributed by atoms with Gasteiger partial charge in [0.1, 0.15) is 6.61 Å². The third-order valence-corrected chi connectivity index (χ3v) is 6.17. The predicted molar refractivity (Wildman–Crippen MR) is 129 cm³/mol. The van der Waals surface area contributed by atoms with E-state index >= 15 is 0 Å². The molecule has 0 saturated heterocycles. The van der Waals surface area contributed by atoms with Crippen LogP contribution in [0, 0.1) is 0 Å². The van der Waals surface area contributed by atoms with E-state index in [0.717, 1.165) is 0 Å². The van der Waals surface area contributed by atoms with Gasteiger partial charge in [-0.15, -0.1) is 0 Å². The van der Waals surface area contributed by atoms with E-state index in [1.165, 1.54) is 18.2 Å². The first kappa shape index (κ1) is 24.2. The highest BCUT2D eigenvalue weighted by Gasteiger charge is 2.15. The van der Waals surface area contributed by atoms with E-state index in [2.05, 4.69) is 10.0 Å². The van der Waals surface area contributed by atoms with Crippen molar-refractivity contribution in [3.63, 3.8) is 0 Å². The van der Waals surface area contributed by atoms with Gasteiger partial charge in [-0.3, -0.25) is 9.52 Å². The zero-order valence-electron chi connectivity index (χ0n) is 17.8. The van der Waals surface area contributed by atoms with Crippen molar-refractivity contribution in [1.29, 1.82) is 0 Å². The fourth-order valence-electron chi connectivity index (χ4n) is 2.81. The second-order valence-electron chi connectivity index (χ2n) is 6.78. The number of rotatable bonds is 10. The van der Waals surface area contributed by atoms with E-state index in [9.17, 15) is 13.2 Å². The number of methoxy groups -OCH3 is 1. The van der Waals surface area contributed by atoms with Crippen molar-refractivity contribution < 1.29 is 22.7 Å². The highest BCUT2D eigenvalue weighted by atomic mass is 35.5. The molecule has 0 bridgehead atoms. The van der Waals surface area contributed by atoms with Crippen LogP contribution in [0.3, 0.4) is 0 Å². The Labute approximate surface area is 198 Å². The molecule has 0 spiro atoms. The van der Waals surface area contributed by atoms with Gasteiger partial charge >= 0.3 is 0 Å². The highest BCUT2D eigenvalue weighted by molar-refractivity contribution is 7.92. The standard InChI is InChI=1S/C24H23ClN2O5S/c1-31-22-8-4-5-9-23(22)32-17-16-26-24(28)15-12-18-10-13-19(14-11-18)33(29,30)27-21-7-3-2-6-20(21)25/h2-15,27H,16-17H2,1H3,(H,26,28)/b15-12+. The van der Waals surface area contributed by atoms with Gasteiger partial charge in [-0.1, -0.05) is 48.0 Å². The molecule has 172 valence electrons. The van der Waals surface area contributed by atoms with Gasteiger partial charge in [0.25, 0.3) is 10.0 Å². The Morgan fingerprint density at radius 3 is 2.33 bits per heavy atom. The molecule has 2 N–H and O–H groups in total. The Kier molecular flexibility index (Phi) is 8.34. The second-order valence-corrected chi connectivity index (χ2v) is 8.87.